The normalized spacial score (nSPS) is 11.6. The molecule has 23 heavy (non-hydrogen) atoms. The summed E-state index contributed by atoms with van der Waals surface area (Å²) in [6, 6.07) is 11.7. The average molecular weight is 316 g/mol. The topological polar surface area (TPSA) is 81.4 Å². The van der Waals surface area contributed by atoms with Crippen molar-refractivity contribution in [3.8, 4) is 5.75 Å². The molecule has 0 heterocycles. The minimum absolute atomic E-state index is 0.330. The van der Waals surface area contributed by atoms with Crippen LogP contribution in [0.15, 0.2) is 48.5 Å². The molecule has 2 aromatic carbocycles. The maximum absolute atomic E-state index is 12.9. The summed E-state index contributed by atoms with van der Waals surface area (Å²) in [6.45, 7) is 1.81. The zero-order chi connectivity index (χ0) is 16.8. The van der Waals surface area contributed by atoms with Crippen LogP contribution in [-0.2, 0) is 4.79 Å². The smallest absolute Gasteiger partial charge is 0.265 e. The molecule has 3 N–H and O–H groups in total. The van der Waals surface area contributed by atoms with Crippen molar-refractivity contribution >= 4 is 17.5 Å². The minimum Gasteiger partial charge on any atom is -0.481 e. The molecule has 2 amide bonds. The highest BCUT2D eigenvalue weighted by Crippen LogP contribution is 2.16. The number of carbonyl (C=O) groups is 2. The fourth-order valence-corrected chi connectivity index (χ4v) is 1.94. The lowest BCUT2D eigenvalue weighted by Crippen LogP contribution is -2.32. The summed E-state index contributed by atoms with van der Waals surface area (Å²) >= 11 is 0. The zero-order valence-corrected chi connectivity index (χ0v) is 12.6. The number of nitrogens with one attached hydrogen (secondary N) is 1. The number of hydrogen-bond acceptors (Lipinski definition) is 3. The van der Waals surface area contributed by atoms with Gasteiger partial charge in [-0.2, -0.15) is 0 Å². The molecule has 0 aliphatic carbocycles. The summed E-state index contributed by atoms with van der Waals surface area (Å²) in [6.07, 6.45) is -0.265. The Morgan fingerprint density at radius 3 is 2.26 bits per heavy atom. The third-order valence-corrected chi connectivity index (χ3v) is 3.19. The number of ether oxygens (including phenoxy) is 1. The Labute approximate surface area is 133 Å². The van der Waals surface area contributed by atoms with E-state index in [-0.39, 0.29) is 11.7 Å². The van der Waals surface area contributed by atoms with Crippen LogP contribution in [0.1, 0.15) is 23.7 Å². The number of carbonyl (C=O) groups excluding carboxylic acids is 2. The Morgan fingerprint density at radius 2 is 1.74 bits per heavy atom. The Hall–Kier alpha value is -2.89. The lowest BCUT2D eigenvalue weighted by atomic mass is 10.2. The maximum atomic E-state index is 12.9. The summed E-state index contributed by atoms with van der Waals surface area (Å²) in [4.78, 5) is 23.2. The molecule has 0 aliphatic heterocycles. The van der Waals surface area contributed by atoms with Gasteiger partial charge in [0.05, 0.1) is 0 Å². The lowest BCUT2D eigenvalue weighted by Gasteiger charge is -2.17. The Kier molecular flexibility index (Phi) is 5.30. The number of amides is 2. The molecule has 120 valence electrons. The average Bonchev–Trinajstić information content (AvgIpc) is 2.54. The third kappa shape index (κ3) is 4.54. The van der Waals surface area contributed by atoms with Crippen molar-refractivity contribution < 1.29 is 18.7 Å². The quantitative estimate of drug-likeness (QED) is 0.859. The zero-order valence-electron chi connectivity index (χ0n) is 12.6. The Balaban J connectivity index is 2.01. The van der Waals surface area contributed by atoms with Crippen LogP contribution in [0.5, 0.6) is 5.75 Å². The second-order valence-corrected chi connectivity index (χ2v) is 4.90. The molecule has 0 aromatic heterocycles. The van der Waals surface area contributed by atoms with Gasteiger partial charge in [0, 0.05) is 11.3 Å². The van der Waals surface area contributed by atoms with E-state index in [2.05, 4.69) is 5.32 Å². The van der Waals surface area contributed by atoms with Gasteiger partial charge >= 0.3 is 0 Å². The standard InChI is InChI=1S/C17H17FN2O3/c1-2-15(23-14-9-5-12(18)6-10-14)17(22)20-13-7-3-11(4-8-13)16(19)21/h3-10,15H,2H2,1H3,(H2,19,21)(H,20,22)/t15-/m0/s1. The van der Waals surface area contributed by atoms with Crippen molar-refractivity contribution in [2.45, 2.75) is 19.4 Å². The van der Waals surface area contributed by atoms with Crippen LogP contribution < -0.4 is 15.8 Å². The van der Waals surface area contributed by atoms with Gasteiger partial charge in [0.15, 0.2) is 6.10 Å². The van der Waals surface area contributed by atoms with Gasteiger partial charge in [0.25, 0.3) is 5.91 Å². The van der Waals surface area contributed by atoms with E-state index in [1.54, 1.807) is 12.1 Å². The summed E-state index contributed by atoms with van der Waals surface area (Å²) in [5.74, 6) is -0.820. The molecule has 0 saturated carbocycles. The van der Waals surface area contributed by atoms with Crippen LogP contribution in [0.4, 0.5) is 10.1 Å². The van der Waals surface area contributed by atoms with E-state index in [9.17, 15) is 14.0 Å². The predicted molar refractivity (Wildman–Crippen MR) is 84.7 cm³/mol. The molecule has 0 bridgehead atoms. The second kappa shape index (κ2) is 7.40. The summed E-state index contributed by atoms with van der Waals surface area (Å²) in [7, 11) is 0. The van der Waals surface area contributed by atoms with Gasteiger partial charge in [-0.1, -0.05) is 6.92 Å². The molecule has 1 atom stereocenters. The molecule has 2 rings (SSSR count). The van der Waals surface area contributed by atoms with Gasteiger partial charge in [-0.15, -0.1) is 0 Å². The highest BCUT2D eigenvalue weighted by atomic mass is 19.1. The Bertz CT molecular complexity index is 684. The van der Waals surface area contributed by atoms with Crippen LogP contribution in [0.3, 0.4) is 0 Å². The van der Waals surface area contributed by atoms with Gasteiger partial charge in [-0.3, -0.25) is 9.59 Å². The van der Waals surface area contributed by atoms with E-state index in [1.165, 1.54) is 36.4 Å². The van der Waals surface area contributed by atoms with Crippen molar-refractivity contribution in [2.24, 2.45) is 5.73 Å². The second-order valence-electron chi connectivity index (χ2n) is 4.90. The van der Waals surface area contributed by atoms with E-state index in [1.807, 2.05) is 6.92 Å². The molecular weight excluding hydrogens is 299 g/mol. The van der Waals surface area contributed by atoms with Gasteiger partial charge in [0.2, 0.25) is 5.91 Å². The number of benzene rings is 2. The van der Waals surface area contributed by atoms with Gasteiger partial charge in [-0.25, -0.2) is 4.39 Å². The number of nitrogens with two attached hydrogens (primary N) is 1. The molecule has 0 unspecified atom stereocenters. The molecule has 2 aromatic rings. The molecule has 0 spiro atoms. The van der Waals surface area contributed by atoms with Crippen molar-refractivity contribution in [1.29, 1.82) is 0 Å². The largest absolute Gasteiger partial charge is 0.481 e. The van der Waals surface area contributed by atoms with Gasteiger partial charge < -0.3 is 15.8 Å². The first-order valence-electron chi connectivity index (χ1n) is 7.12. The van der Waals surface area contributed by atoms with Crippen molar-refractivity contribution in [1.82, 2.24) is 0 Å². The molecule has 0 saturated heterocycles. The van der Waals surface area contributed by atoms with Crippen LogP contribution in [0, 0.1) is 5.82 Å². The number of anilines is 1. The summed E-state index contributed by atoms with van der Waals surface area (Å²) in [5, 5.41) is 2.70. The first kappa shape index (κ1) is 16.5. The van der Waals surface area contributed by atoms with Crippen LogP contribution in [0.25, 0.3) is 0 Å². The summed E-state index contributed by atoms with van der Waals surface area (Å²) in [5.41, 5.74) is 6.05. The van der Waals surface area contributed by atoms with Gasteiger partial charge in [-0.05, 0) is 55.0 Å². The highest BCUT2D eigenvalue weighted by Gasteiger charge is 2.18. The van der Waals surface area contributed by atoms with Crippen LogP contribution >= 0.6 is 0 Å². The molecular formula is C17H17FN2O3. The van der Waals surface area contributed by atoms with Crippen LogP contribution in [-0.4, -0.2) is 17.9 Å². The Morgan fingerprint density at radius 1 is 1.13 bits per heavy atom. The van der Waals surface area contributed by atoms with Crippen molar-refractivity contribution in [3.05, 3.63) is 59.9 Å². The number of halogens is 1. The number of rotatable bonds is 6. The van der Waals surface area contributed by atoms with E-state index in [4.69, 9.17) is 10.5 Å². The third-order valence-electron chi connectivity index (χ3n) is 3.19. The molecule has 0 radical (unpaired) electrons. The lowest BCUT2D eigenvalue weighted by molar-refractivity contribution is -0.122. The van der Waals surface area contributed by atoms with E-state index < -0.39 is 12.0 Å². The number of primary amides is 1. The molecule has 5 nitrogen and oxygen atoms in total. The first-order valence-corrected chi connectivity index (χ1v) is 7.12. The van der Waals surface area contributed by atoms with Crippen molar-refractivity contribution in [3.63, 3.8) is 0 Å². The monoisotopic (exact) mass is 316 g/mol. The van der Waals surface area contributed by atoms with E-state index in [0.29, 0.717) is 23.4 Å². The van der Waals surface area contributed by atoms with E-state index >= 15 is 0 Å². The first-order chi connectivity index (χ1) is 11.0. The minimum atomic E-state index is -0.712. The van der Waals surface area contributed by atoms with E-state index in [0.717, 1.165) is 0 Å². The van der Waals surface area contributed by atoms with Crippen LogP contribution in [0.2, 0.25) is 0 Å². The molecule has 0 fully saturated rings. The highest BCUT2D eigenvalue weighted by molar-refractivity contribution is 5.96. The predicted octanol–water partition coefficient (Wildman–Crippen LogP) is 2.72. The SMILES string of the molecule is CC[C@H](Oc1ccc(F)cc1)C(=O)Nc1ccc(C(N)=O)cc1. The fourth-order valence-electron chi connectivity index (χ4n) is 1.94. The molecule has 6 heteroatoms. The van der Waals surface area contributed by atoms with Crippen molar-refractivity contribution in [2.75, 3.05) is 5.32 Å². The van der Waals surface area contributed by atoms with Gasteiger partial charge in [0.1, 0.15) is 11.6 Å². The molecule has 0 aliphatic rings. The summed E-state index contributed by atoms with van der Waals surface area (Å²) < 4.78 is 18.4. The maximum Gasteiger partial charge on any atom is 0.265 e. The number of hydrogen-bond donors (Lipinski definition) is 2. The fraction of sp³-hybridized carbons (Fsp3) is 0.176.